The first kappa shape index (κ1) is 10.7. The van der Waals surface area contributed by atoms with E-state index in [4.69, 9.17) is 17.3 Å². The lowest BCUT2D eigenvalue weighted by Crippen LogP contribution is -2.15. The van der Waals surface area contributed by atoms with Crippen LogP contribution in [0.3, 0.4) is 0 Å². The molecule has 0 aliphatic heterocycles. The number of nitrogens with zero attached hydrogens (tertiary/aromatic N) is 1. The van der Waals surface area contributed by atoms with E-state index in [2.05, 4.69) is 9.97 Å². The molecule has 0 fully saturated rings. The van der Waals surface area contributed by atoms with Gasteiger partial charge >= 0.3 is 0 Å². The average Bonchev–Trinajstić information content (AvgIpc) is 2.25. The second kappa shape index (κ2) is 3.98. The van der Waals surface area contributed by atoms with Crippen LogP contribution in [0.5, 0.6) is 0 Å². The average molecular weight is 236 g/mol. The number of aromatic amines is 1. The molecule has 16 heavy (non-hydrogen) atoms. The normalized spacial score (nSPS) is 10.4. The predicted molar refractivity (Wildman–Crippen MR) is 64.5 cm³/mol. The number of nitrogen functional groups attached to an aromatic ring is 1. The van der Waals surface area contributed by atoms with Crippen molar-refractivity contribution in [1.82, 2.24) is 9.97 Å². The Balaban J connectivity index is 2.64. The summed E-state index contributed by atoms with van der Waals surface area (Å²) in [7, 11) is 0. The number of rotatable bonds is 1. The number of anilines is 1. The van der Waals surface area contributed by atoms with Crippen LogP contribution in [0.1, 0.15) is 5.56 Å². The van der Waals surface area contributed by atoms with Crippen LogP contribution in [0.25, 0.3) is 11.3 Å². The molecule has 0 aliphatic rings. The van der Waals surface area contributed by atoms with Crippen molar-refractivity contribution in [3.05, 3.63) is 45.2 Å². The second-order valence-electron chi connectivity index (χ2n) is 3.43. The van der Waals surface area contributed by atoms with Crippen LogP contribution in [-0.4, -0.2) is 9.97 Å². The third-order valence-electron chi connectivity index (χ3n) is 2.29. The molecule has 2 aromatic rings. The molecule has 0 saturated heterocycles. The molecular formula is C11H10ClN3O. The standard InChI is InChI=1S/C11H10ClN3O/c1-6-9(14-11(13)15-10(6)16)7-2-4-8(12)5-3-7/h2-5H,1H3,(H3,13,14,15,16). The highest BCUT2D eigenvalue weighted by atomic mass is 35.5. The Kier molecular flexibility index (Phi) is 2.66. The first-order valence-corrected chi connectivity index (χ1v) is 5.08. The van der Waals surface area contributed by atoms with Gasteiger partial charge in [-0.1, -0.05) is 23.7 Å². The van der Waals surface area contributed by atoms with Gasteiger partial charge in [0.25, 0.3) is 5.56 Å². The van der Waals surface area contributed by atoms with Crippen molar-refractivity contribution in [2.24, 2.45) is 0 Å². The molecule has 0 unspecified atom stereocenters. The van der Waals surface area contributed by atoms with Crippen LogP contribution in [0.4, 0.5) is 5.95 Å². The van der Waals surface area contributed by atoms with Crippen molar-refractivity contribution in [1.29, 1.82) is 0 Å². The molecule has 2 rings (SSSR count). The smallest absolute Gasteiger partial charge is 0.255 e. The van der Waals surface area contributed by atoms with Crippen molar-refractivity contribution >= 4 is 17.5 Å². The summed E-state index contributed by atoms with van der Waals surface area (Å²) in [5.41, 5.74) is 7.22. The van der Waals surface area contributed by atoms with Crippen LogP contribution >= 0.6 is 11.6 Å². The summed E-state index contributed by atoms with van der Waals surface area (Å²) in [4.78, 5) is 18.1. The molecule has 0 spiro atoms. The number of H-pyrrole nitrogens is 1. The molecule has 0 bridgehead atoms. The summed E-state index contributed by atoms with van der Waals surface area (Å²) in [6.45, 7) is 1.70. The fraction of sp³-hybridized carbons (Fsp3) is 0.0909. The van der Waals surface area contributed by atoms with Gasteiger partial charge in [-0.2, -0.15) is 0 Å². The first-order chi connectivity index (χ1) is 7.58. The van der Waals surface area contributed by atoms with E-state index >= 15 is 0 Å². The zero-order chi connectivity index (χ0) is 11.7. The van der Waals surface area contributed by atoms with E-state index in [0.29, 0.717) is 16.3 Å². The first-order valence-electron chi connectivity index (χ1n) is 4.70. The van der Waals surface area contributed by atoms with Crippen LogP contribution in [-0.2, 0) is 0 Å². The third kappa shape index (κ3) is 1.92. The van der Waals surface area contributed by atoms with Crippen LogP contribution in [0.2, 0.25) is 5.02 Å². The molecule has 0 atom stereocenters. The lowest BCUT2D eigenvalue weighted by Gasteiger charge is -2.05. The van der Waals surface area contributed by atoms with E-state index in [1.165, 1.54) is 0 Å². The minimum absolute atomic E-state index is 0.112. The van der Waals surface area contributed by atoms with Crippen molar-refractivity contribution in [3.8, 4) is 11.3 Å². The molecule has 0 amide bonds. The lowest BCUT2D eigenvalue weighted by atomic mass is 10.1. The van der Waals surface area contributed by atoms with Gasteiger partial charge < -0.3 is 5.73 Å². The molecule has 3 N–H and O–H groups in total. The fourth-order valence-corrected chi connectivity index (χ4v) is 1.56. The number of halogens is 1. The molecule has 0 radical (unpaired) electrons. The SMILES string of the molecule is Cc1c(-c2ccc(Cl)cc2)nc(N)[nH]c1=O. The van der Waals surface area contributed by atoms with Gasteiger partial charge in [-0.05, 0) is 19.1 Å². The van der Waals surface area contributed by atoms with Gasteiger partial charge in [0.2, 0.25) is 5.95 Å². The highest BCUT2D eigenvalue weighted by Gasteiger charge is 2.08. The number of hydrogen-bond acceptors (Lipinski definition) is 3. The van der Waals surface area contributed by atoms with Gasteiger partial charge in [0.1, 0.15) is 0 Å². The molecule has 82 valence electrons. The van der Waals surface area contributed by atoms with Gasteiger partial charge in [-0.25, -0.2) is 4.98 Å². The largest absolute Gasteiger partial charge is 0.369 e. The van der Waals surface area contributed by atoms with Crippen LogP contribution < -0.4 is 11.3 Å². The summed E-state index contributed by atoms with van der Waals surface area (Å²) in [5.74, 6) is 0.112. The Bertz CT molecular complexity index is 575. The highest BCUT2D eigenvalue weighted by molar-refractivity contribution is 6.30. The predicted octanol–water partition coefficient (Wildman–Crippen LogP) is 1.98. The van der Waals surface area contributed by atoms with Crippen LogP contribution in [0, 0.1) is 6.92 Å². The Morgan fingerprint density at radius 2 is 1.94 bits per heavy atom. The van der Waals surface area contributed by atoms with Gasteiger partial charge in [0, 0.05) is 16.1 Å². The van der Waals surface area contributed by atoms with Crippen molar-refractivity contribution in [2.75, 3.05) is 5.73 Å². The Morgan fingerprint density at radius 3 is 2.56 bits per heavy atom. The number of benzene rings is 1. The minimum Gasteiger partial charge on any atom is -0.369 e. The summed E-state index contributed by atoms with van der Waals surface area (Å²) < 4.78 is 0. The molecular weight excluding hydrogens is 226 g/mol. The summed E-state index contributed by atoms with van der Waals surface area (Å²) >= 11 is 5.79. The van der Waals surface area contributed by atoms with E-state index in [-0.39, 0.29) is 11.5 Å². The molecule has 0 aliphatic carbocycles. The molecule has 5 heteroatoms. The monoisotopic (exact) mass is 235 g/mol. The highest BCUT2D eigenvalue weighted by Crippen LogP contribution is 2.21. The van der Waals surface area contributed by atoms with E-state index < -0.39 is 0 Å². The van der Waals surface area contributed by atoms with Crippen LogP contribution in [0.15, 0.2) is 29.1 Å². The maximum Gasteiger partial charge on any atom is 0.255 e. The lowest BCUT2D eigenvalue weighted by molar-refractivity contribution is 1.10. The van der Waals surface area contributed by atoms with Gasteiger partial charge in [0.15, 0.2) is 0 Å². The molecule has 1 heterocycles. The Hall–Kier alpha value is -1.81. The number of nitrogens with one attached hydrogen (secondary N) is 1. The number of hydrogen-bond donors (Lipinski definition) is 2. The number of nitrogens with two attached hydrogens (primary N) is 1. The number of aromatic nitrogens is 2. The van der Waals surface area contributed by atoms with E-state index in [0.717, 1.165) is 5.56 Å². The van der Waals surface area contributed by atoms with Crippen molar-refractivity contribution in [3.63, 3.8) is 0 Å². The van der Waals surface area contributed by atoms with Crippen molar-refractivity contribution in [2.45, 2.75) is 6.92 Å². The van der Waals surface area contributed by atoms with Gasteiger partial charge in [0.05, 0.1) is 5.69 Å². The summed E-state index contributed by atoms with van der Waals surface area (Å²) in [6.07, 6.45) is 0. The minimum atomic E-state index is -0.225. The Morgan fingerprint density at radius 1 is 1.31 bits per heavy atom. The maximum absolute atomic E-state index is 11.5. The maximum atomic E-state index is 11.5. The topological polar surface area (TPSA) is 71.8 Å². The Labute approximate surface area is 97.1 Å². The molecule has 4 nitrogen and oxygen atoms in total. The molecule has 1 aromatic carbocycles. The van der Waals surface area contributed by atoms with Gasteiger partial charge in [-0.15, -0.1) is 0 Å². The zero-order valence-corrected chi connectivity index (χ0v) is 9.38. The molecule has 0 saturated carbocycles. The van der Waals surface area contributed by atoms with E-state index in [1.54, 1.807) is 31.2 Å². The quantitative estimate of drug-likeness (QED) is 0.794. The van der Waals surface area contributed by atoms with Gasteiger partial charge in [-0.3, -0.25) is 9.78 Å². The van der Waals surface area contributed by atoms with Crippen molar-refractivity contribution < 1.29 is 0 Å². The summed E-state index contributed by atoms with van der Waals surface area (Å²) in [5, 5.41) is 0.638. The zero-order valence-electron chi connectivity index (χ0n) is 8.62. The summed E-state index contributed by atoms with van der Waals surface area (Å²) in [6, 6.07) is 7.10. The van der Waals surface area contributed by atoms with E-state index in [9.17, 15) is 4.79 Å². The fourth-order valence-electron chi connectivity index (χ4n) is 1.44. The second-order valence-corrected chi connectivity index (χ2v) is 3.87. The van der Waals surface area contributed by atoms with E-state index in [1.807, 2.05) is 0 Å². The third-order valence-corrected chi connectivity index (χ3v) is 2.54. The molecule has 1 aromatic heterocycles.